The first-order valence-corrected chi connectivity index (χ1v) is 16.3. The minimum absolute atomic E-state index is 0.0132. The standard InChI is InChI=1S/C34H30AsN11O4/c1-42-29-24(31(47)44(3)33(42)49)23(19-11-7-5-9-17(19)13-36)20(15-38)28(41-29)46(22-12-8-6-10-18(22)14-37)26-21(16-39)27(35)40-30-25(26)32(48)45(4)34(50)43(30)2/h5-12H,13,16,35-36,39H2,1-4H3. The molecule has 4 N–H and O–H groups in total. The van der Waals surface area contributed by atoms with E-state index in [1.165, 1.54) is 42.2 Å². The zero-order valence-electron chi connectivity index (χ0n) is 27.4. The van der Waals surface area contributed by atoms with Crippen molar-refractivity contribution in [2.45, 2.75) is 13.1 Å². The van der Waals surface area contributed by atoms with E-state index >= 15 is 0 Å². The second-order valence-corrected chi connectivity index (χ2v) is 12.6. The Morgan fingerprint density at radius 3 is 1.94 bits per heavy atom. The molecule has 0 aliphatic heterocycles. The fourth-order valence-electron chi connectivity index (χ4n) is 6.23. The van der Waals surface area contributed by atoms with Gasteiger partial charge in [-0.25, -0.2) is 0 Å². The predicted molar refractivity (Wildman–Crippen MR) is 192 cm³/mol. The number of anilines is 3. The van der Waals surface area contributed by atoms with Crippen molar-refractivity contribution < 1.29 is 0 Å². The van der Waals surface area contributed by atoms with Gasteiger partial charge in [-0.15, -0.1) is 0 Å². The van der Waals surface area contributed by atoms with E-state index in [0.29, 0.717) is 21.2 Å². The third kappa shape index (κ3) is 4.87. The van der Waals surface area contributed by atoms with Gasteiger partial charge in [0.15, 0.2) is 0 Å². The molecule has 250 valence electrons. The van der Waals surface area contributed by atoms with Gasteiger partial charge in [0.05, 0.1) is 0 Å². The third-order valence-electron chi connectivity index (χ3n) is 8.78. The molecule has 0 bridgehead atoms. The molecule has 0 spiro atoms. The molecule has 4 heterocycles. The van der Waals surface area contributed by atoms with Crippen molar-refractivity contribution in [1.29, 1.82) is 10.5 Å². The number of rotatable bonds is 6. The van der Waals surface area contributed by atoms with Crippen LogP contribution in [0.15, 0.2) is 67.7 Å². The first-order chi connectivity index (χ1) is 23.9. The van der Waals surface area contributed by atoms with Crippen LogP contribution >= 0.6 is 0 Å². The molecule has 4 aromatic heterocycles. The summed E-state index contributed by atoms with van der Waals surface area (Å²) in [5.74, 6) is -0.113. The summed E-state index contributed by atoms with van der Waals surface area (Å²) in [6.07, 6.45) is 0. The Kier molecular flexibility index (Phi) is 8.59. The van der Waals surface area contributed by atoms with Crippen LogP contribution in [0, 0.1) is 22.7 Å². The number of pyridine rings is 2. The summed E-state index contributed by atoms with van der Waals surface area (Å²) in [5, 5.41) is 21.4. The molecule has 16 heteroatoms. The molecule has 0 aliphatic carbocycles. The Bertz CT molecular complexity index is 2770. The Morgan fingerprint density at radius 2 is 1.34 bits per heavy atom. The van der Waals surface area contributed by atoms with Gasteiger partial charge in [0.2, 0.25) is 0 Å². The zero-order valence-corrected chi connectivity index (χ0v) is 29.8. The minimum atomic E-state index is -0.707. The van der Waals surface area contributed by atoms with Crippen LogP contribution in [0.5, 0.6) is 0 Å². The summed E-state index contributed by atoms with van der Waals surface area (Å²) in [4.78, 5) is 65.5. The predicted octanol–water partition coefficient (Wildman–Crippen LogP) is -0.366. The van der Waals surface area contributed by atoms with Crippen LogP contribution in [0.4, 0.5) is 17.2 Å². The van der Waals surface area contributed by atoms with E-state index in [2.05, 4.69) is 17.1 Å². The molecule has 6 aromatic rings. The van der Waals surface area contributed by atoms with E-state index in [1.54, 1.807) is 48.5 Å². The average Bonchev–Trinajstić information content (AvgIpc) is 3.13. The van der Waals surface area contributed by atoms with Crippen LogP contribution in [-0.4, -0.2) is 45.1 Å². The third-order valence-corrected chi connectivity index (χ3v) is 9.79. The van der Waals surface area contributed by atoms with E-state index < -0.39 is 22.5 Å². The van der Waals surface area contributed by atoms with E-state index in [-0.39, 0.29) is 69.0 Å². The number of aromatic nitrogens is 6. The van der Waals surface area contributed by atoms with Gasteiger partial charge in [-0.2, -0.15) is 0 Å². The van der Waals surface area contributed by atoms with Crippen molar-refractivity contribution in [3.8, 4) is 23.3 Å². The summed E-state index contributed by atoms with van der Waals surface area (Å²) in [5.41, 5.74) is 11.8. The van der Waals surface area contributed by atoms with E-state index in [9.17, 15) is 29.7 Å². The number of benzene rings is 2. The molecule has 0 aliphatic rings. The number of fused-ring (bicyclic) bond motifs is 2. The molecule has 1 unspecified atom stereocenters. The van der Waals surface area contributed by atoms with Crippen LogP contribution in [0.3, 0.4) is 0 Å². The van der Waals surface area contributed by atoms with Crippen LogP contribution in [0.2, 0.25) is 0 Å². The van der Waals surface area contributed by atoms with Crippen LogP contribution in [0.25, 0.3) is 33.2 Å². The zero-order chi connectivity index (χ0) is 36.2. The normalized spacial score (nSPS) is 11.1. The first-order valence-electron chi connectivity index (χ1n) is 15.1. The van der Waals surface area contributed by atoms with Crippen molar-refractivity contribution in [2.75, 3.05) is 4.90 Å². The van der Waals surface area contributed by atoms with Gasteiger partial charge in [0, 0.05) is 0 Å². The average molecular weight is 732 g/mol. The summed E-state index contributed by atoms with van der Waals surface area (Å²) in [7, 11) is 5.59. The maximum atomic E-state index is 14.1. The number of nitriles is 2. The summed E-state index contributed by atoms with van der Waals surface area (Å²) < 4.78 is 4.71. The van der Waals surface area contributed by atoms with Crippen molar-refractivity contribution >= 4 is 60.6 Å². The Balaban J connectivity index is 2.00. The molecule has 0 saturated heterocycles. The monoisotopic (exact) mass is 731 g/mol. The van der Waals surface area contributed by atoms with E-state index in [1.807, 2.05) is 0 Å². The van der Waals surface area contributed by atoms with Crippen LogP contribution in [0.1, 0.15) is 22.3 Å². The summed E-state index contributed by atoms with van der Waals surface area (Å²) in [6, 6.07) is 17.9. The second-order valence-electron chi connectivity index (χ2n) is 11.5. The molecule has 50 heavy (non-hydrogen) atoms. The van der Waals surface area contributed by atoms with Gasteiger partial charge >= 0.3 is 293 Å². The van der Waals surface area contributed by atoms with Gasteiger partial charge in [-0.3, -0.25) is 0 Å². The molecule has 0 radical (unpaired) electrons. The molecular weight excluding hydrogens is 701 g/mol. The SMILES string of the molecule is Cn1c(=O)c2c(-c3ccccc3CN)c(C#N)c(N(c3ccccc3C#N)c3c(CN)c([AsH2])nc4c3c(=O)n(C)c(=O)n4C)nc2n(C)c1=O. The molecule has 2 aromatic carbocycles. The Morgan fingerprint density at radius 1 is 0.760 bits per heavy atom. The summed E-state index contributed by atoms with van der Waals surface area (Å²) >= 11 is 1.06. The van der Waals surface area contributed by atoms with Crippen molar-refractivity contribution in [2.24, 2.45) is 39.7 Å². The molecule has 0 amide bonds. The number of nitrogens with two attached hydrogens (primary N) is 2. The second kappa shape index (κ2) is 12.7. The van der Waals surface area contributed by atoms with Gasteiger partial charge in [-0.05, 0) is 0 Å². The fraction of sp³-hybridized carbons (Fsp3) is 0.176. The van der Waals surface area contributed by atoms with Crippen LogP contribution in [-0.2, 0) is 41.3 Å². The molecule has 0 fully saturated rings. The van der Waals surface area contributed by atoms with Gasteiger partial charge < -0.3 is 0 Å². The number of para-hydroxylation sites is 1. The maximum absolute atomic E-state index is 14.1. The summed E-state index contributed by atoms with van der Waals surface area (Å²) in [6.45, 7) is -0.0919. The molecule has 6 rings (SSSR count). The van der Waals surface area contributed by atoms with Gasteiger partial charge in [0.1, 0.15) is 0 Å². The Labute approximate surface area is 292 Å². The van der Waals surface area contributed by atoms with E-state index in [4.69, 9.17) is 16.5 Å². The number of hydrogen-bond acceptors (Lipinski definition) is 11. The van der Waals surface area contributed by atoms with Crippen molar-refractivity contribution in [1.82, 2.24) is 28.2 Å². The molecular formula is C34H30AsN11O4. The Hall–Kier alpha value is -6.12. The fourth-order valence-corrected chi connectivity index (χ4v) is 7.02. The number of hydrogen-bond donors (Lipinski definition) is 2. The number of aryl methyl sites for hydroxylation is 2. The topological polar surface area (TPSA) is 217 Å². The quantitative estimate of drug-likeness (QED) is 0.211. The van der Waals surface area contributed by atoms with E-state index in [0.717, 1.165) is 26.0 Å². The van der Waals surface area contributed by atoms with Crippen LogP contribution < -0.4 is 43.3 Å². The van der Waals surface area contributed by atoms with Crippen molar-refractivity contribution in [3.05, 3.63) is 112 Å². The first kappa shape index (κ1) is 33.8. The van der Waals surface area contributed by atoms with Crippen molar-refractivity contribution in [3.63, 3.8) is 0 Å². The number of nitrogens with zero attached hydrogens (tertiary/aromatic N) is 9. The molecule has 1 atom stereocenters. The van der Waals surface area contributed by atoms with Gasteiger partial charge in [0.25, 0.3) is 0 Å². The molecule has 0 saturated carbocycles. The van der Waals surface area contributed by atoms with Gasteiger partial charge in [-0.1, -0.05) is 0 Å². The molecule has 15 nitrogen and oxygen atoms in total.